The molecule has 2 rings (SSSR count). The monoisotopic (exact) mass is 299 g/mol. The van der Waals surface area contributed by atoms with E-state index in [1.54, 1.807) is 0 Å². The maximum Gasteiger partial charge on any atom is 0.120 e. The molecule has 1 aliphatic heterocycles. The number of hydrogen-bond acceptors (Lipinski definition) is 3. The van der Waals surface area contributed by atoms with Gasteiger partial charge < -0.3 is 15.2 Å². The summed E-state index contributed by atoms with van der Waals surface area (Å²) in [6, 6.07) is 7.83. The Morgan fingerprint density at radius 3 is 3.12 bits per heavy atom. The van der Waals surface area contributed by atoms with Crippen molar-refractivity contribution >= 4 is 15.9 Å². The second-order valence-electron chi connectivity index (χ2n) is 4.41. The van der Waals surface area contributed by atoms with Crippen LogP contribution in [0, 0.1) is 5.92 Å². The van der Waals surface area contributed by atoms with Crippen LogP contribution in [-0.4, -0.2) is 30.9 Å². The lowest BCUT2D eigenvalue weighted by molar-refractivity contribution is 0.0662. The standard InChI is InChI=1S/C13H18BrNO2/c14-11-2-1-3-12(8-11)17-7-5-10-9-15-6-4-13(10)16/h1-3,8,10,13,15-16H,4-7,9H2. The fraction of sp³-hybridized carbons (Fsp3) is 0.538. The highest BCUT2D eigenvalue weighted by molar-refractivity contribution is 9.10. The summed E-state index contributed by atoms with van der Waals surface area (Å²) in [5.41, 5.74) is 0. The van der Waals surface area contributed by atoms with Crippen LogP contribution < -0.4 is 10.1 Å². The van der Waals surface area contributed by atoms with Gasteiger partial charge in [0.1, 0.15) is 5.75 Å². The van der Waals surface area contributed by atoms with E-state index in [9.17, 15) is 5.11 Å². The molecule has 2 N–H and O–H groups in total. The Morgan fingerprint density at radius 1 is 1.47 bits per heavy atom. The van der Waals surface area contributed by atoms with Gasteiger partial charge >= 0.3 is 0 Å². The molecule has 0 radical (unpaired) electrons. The molecule has 4 heteroatoms. The Morgan fingerprint density at radius 2 is 2.35 bits per heavy atom. The van der Waals surface area contributed by atoms with Gasteiger partial charge in [-0.2, -0.15) is 0 Å². The summed E-state index contributed by atoms with van der Waals surface area (Å²) >= 11 is 3.41. The molecule has 2 atom stereocenters. The van der Waals surface area contributed by atoms with E-state index in [4.69, 9.17) is 4.74 Å². The fourth-order valence-electron chi connectivity index (χ4n) is 2.09. The highest BCUT2D eigenvalue weighted by atomic mass is 79.9. The van der Waals surface area contributed by atoms with Crippen molar-refractivity contribution < 1.29 is 9.84 Å². The molecule has 0 aliphatic carbocycles. The summed E-state index contributed by atoms with van der Waals surface area (Å²) < 4.78 is 6.69. The van der Waals surface area contributed by atoms with E-state index in [0.29, 0.717) is 12.5 Å². The number of hydrogen-bond donors (Lipinski definition) is 2. The highest BCUT2D eigenvalue weighted by Crippen LogP contribution is 2.19. The van der Waals surface area contributed by atoms with Crippen molar-refractivity contribution in [2.75, 3.05) is 19.7 Å². The van der Waals surface area contributed by atoms with E-state index in [1.165, 1.54) is 0 Å². The average molecular weight is 300 g/mol. The molecule has 17 heavy (non-hydrogen) atoms. The van der Waals surface area contributed by atoms with E-state index in [0.717, 1.165) is 36.2 Å². The first-order chi connectivity index (χ1) is 8.25. The summed E-state index contributed by atoms with van der Waals surface area (Å²) in [6.07, 6.45) is 1.56. The molecule has 3 nitrogen and oxygen atoms in total. The third kappa shape index (κ3) is 3.98. The average Bonchev–Trinajstić information content (AvgIpc) is 2.32. The van der Waals surface area contributed by atoms with Gasteiger partial charge in [-0.25, -0.2) is 0 Å². The SMILES string of the molecule is OC1CCNCC1CCOc1cccc(Br)c1. The van der Waals surface area contributed by atoms with Crippen LogP contribution in [0.25, 0.3) is 0 Å². The van der Waals surface area contributed by atoms with Crippen LogP contribution in [0.4, 0.5) is 0 Å². The van der Waals surface area contributed by atoms with Crippen LogP contribution in [-0.2, 0) is 0 Å². The first-order valence-corrected chi connectivity index (χ1v) is 6.82. The molecule has 1 heterocycles. The first-order valence-electron chi connectivity index (χ1n) is 6.03. The molecule has 1 saturated heterocycles. The molecule has 1 aliphatic rings. The first kappa shape index (κ1) is 12.9. The Labute approximate surface area is 110 Å². The topological polar surface area (TPSA) is 41.5 Å². The number of piperidine rings is 1. The number of benzene rings is 1. The van der Waals surface area contributed by atoms with Crippen molar-refractivity contribution in [1.82, 2.24) is 5.32 Å². The van der Waals surface area contributed by atoms with Gasteiger partial charge in [0, 0.05) is 16.9 Å². The fourth-order valence-corrected chi connectivity index (χ4v) is 2.47. The minimum atomic E-state index is -0.178. The number of rotatable bonds is 4. The number of aliphatic hydroxyl groups is 1. The van der Waals surface area contributed by atoms with Crippen molar-refractivity contribution in [3.05, 3.63) is 28.7 Å². The van der Waals surface area contributed by atoms with Gasteiger partial charge in [-0.1, -0.05) is 22.0 Å². The second kappa shape index (κ2) is 6.38. The van der Waals surface area contributed by atoms with E-state index in [-0.39, 0.29) is 6.10 Å². The summed E-state index contributed by atoms with van der Waals surface area (Å²) in [6.45, 7) is 2.47. The predicted octanol–water partition coefficient (Wildman–Crippen LogP) is 2.19. The minimum Gasteiger partial charge on any atom is -0.494 e. The van der Waals surface area contributed by atoms with Crippen molar-refractivity contribution in [3.63, 3.8) is 0 Å². The number of aliphatic hydroxyl groups excluding tert-OH is 1. The van der Waals surface area contributed by atoms with Gasteiger partial charge in [0.15, 0.2) is 0 Å². The molecule has 1 fully saturated rings. The third-order valence-corrected chi connectivity index (χ3v) is 3.61. The second-order valence-corrected chi connectivity index (χ2v) is 5.33. The van der Waals surface area contributed by atoms with Crippen molar-refractivity contribution in [3.8, 4) is 5.75 Å². The molecular weight excluding hydrogens is 282 g/mol. The van der Waals surface area contributed by atoms with Crippen molar-refractivity contribution in [2.45, 2.75) is 18.9 Å². The van der Waals surface area contributed by atoms with Crippen LogP contribution in [0.2, 0.25) is 0 Å². The molecule has 0 saturated carbocycles. The van der Waals surface area contributed by atoms with E-state index >= 15 is 0 Å². The molecule has 0 amide bonds. The zero-order valence-corrected chi connectivity index (χ0v) is 11.3. The Bertz CT molecular complexity index is 359. The summed E-state index contributed by atoms with van der Waals surface area (Å²) in [5.74, 6) is 1.19. The molecule has 1 aromatic rings. The van der Waals surface area contributed by atoms with Gasteiger partial charge in [-0.3, -0.25) is 0 Å². The number of ether oxygens (including phenoxy) is 1. The van der Waals surface area contributed by atoms with Gasteiger partial charge in [0.05, 0.1) is 12.7 Å². The van der Waals surface area contributed by atoms with E-state index in [2.05, 4.69) is 21.2 Å². The van der Waals surface area contributed by atoms with Crippen LogP contribution in [0.5, 0.6) is 5.75 Å². The number of halogens is 1. The van der Waals surface area contributed by atoms with E-state index < -0.39 is 0 Å². The molecule has 0 spiro atoms. The molecular formula is C13H18BrNO2. The van der Waals surface area contributed by atoms with Crippen LogP contribution in [0.15, 0.2) is 28.7 Å². The van der Waals surface area contributed by atoms with Crippen molar-refractivity contribution in [2.24, 2.45) is 5.92 Å². The molecule has 1 aromatic carbocycles. The van der Waals surface area contributed by atoms with Crippen LogP contribution in [0.1, 0.15) is 12.8 Å². The highest BCUT2D eigenvalue weighted by Gasteiger charge is 2.22. The largest absolute Gasteiger partial charge is 0.494 e. The van der Waals surface area contributed by atoms with Gasteiger partial charge in [-0.15, -0.1) is 0 Å². The van der Waals surface area contributed by atoms with Gasteiger partial charge in [0.2, 0.25) is 0 Å². The summed E-state index contributed by atoms with van der Waals surface area (Å²) in [5, 5.41) is 13.1. The Balaban J connectivity index is 1.75. The van der Waals surface area contributed by atoms with Gasteiger partial charge in [-0.05, 0) is 37.6 Å². The molecule has 0 aromatic heterocycles. The maximum absolute atomic E-state index is 9.81. The summed E-state index contributed by atoms with van der Waals surface area (Å²) in [4.78, 5) is 0. The summed E-state index contributed by atoms with van der Waals surface area (Å²) in [7, 11) is 0. The zero-order valence-electron chi connectivity index (χ0n) is 9.73. The van der Waals surface area contributed by atoms with Crippen LogP contribution in [0.3, 0.4) is 0 Å². The lowest BCUT2D eigenvalue weighted by atomic mass is 9.93. The Hall–Kier alpha value is -0.580. The minimum absolute atomic E-state index is 0.178. The molecule has 0 bridgehead atoms. The van der Waals surface area contributed by atoms with Crippen molar-refractivity contribution in [1.29, 1.82) is 0 Å². The van der Waals surface area contributed by atoms with Gasteiger partial charge in [0.25, 0.3) is 0 Å². The van der Waals surface area contributed by atoms with Crippen LogP contribution >= 0.6 is 15.9 Å². The van der Waals surface area contributed by atoms with E-state index in [1.807, 2.05) is 24.3 Å². The number of nitrogens with one attached hydrogen (secondary N) is 1. The zero-order chi connectivity index (χ0) is 12.1. The maximum atomic E-state index is 9.81. The lowest BCUT2D eigenvalue weighted by Crippen LogP contribution is -2.40. The lowest BCUT2D eigenvalue weighted by Gasteiger charge is -2.28. The smallest absolute Gasteiger partial charge is 0.120 e. The quantitative estimate of drug-likeness (QED) is 0.895. The molecule has 94 valence electrons. The third-order valence-electron chi connectivity index (χ3n) is 3.12. The molecule has 2 unspecified atom stereocenters. The normalized spacial score (nSPS) is 24.6. The Kier molecular flexibility index (Phi) is 4.83. The predicted molar refractivity (Wildman–Crippen MR) is 71.2 cm³/mol.